The Labute approximate surface area is 140 Å². The molecule has 1 aromatic rings. The Hall–Kier alpha value is -1.63. The number of nitrogens with zero attached hydrogens (tertiary/aromatic N) is 2. The molecule has 6 nitrogen and oxygen atoms in total. The van der Waals surface area contributed by atoms with E-state index in [4.69, 9.17) is 9.47 Å². The average Bonchev–Trinajstić information content (AvgIpc) is 2.95. The number of aromatic nitrogens is 1. The smallest absolute Gasteiger partial charge is 0.410 e. The summed E-state index contributed by atoms with van der Waals surface area (Å²) in [6, 6.07) is -0.133. The Kier molecular flexibility index (Phi) is 5.62. The van der Waals surface area contributed by atoms with Crippen molar-refractivity contribution in [2.45, 2.75) is 58.6 Å². The number of ether oxygens (including phenoxy) is 2. The Morgan fingerprint density at radius 2 is 2.13 bits per heavy atom. The first kappa shape index (κ1) is 17.7. The van der Waals surface area contributed by atoms with Gasteiger partial charge in [-0.2, -0.15) is 0 Å². The van der Waals surface area contributed by atoms with Gasteiger partial charge in [0.05, 0.1) is 12.6 Å². The van der Waals surface area contributed by atoms with Crippen molar-refractivity contribution >= 4 is 23.4 Å². The topological polar surface area (TPSA) is 68.7 Å². The van der Waals surface area contributed by atoms with Crippen LogP contribution in [0.15, 0.2) is 5.38 Å². The van der Waals surface area contributed by atoms with Crippen molar-refractivity contribution in [2.24, 2.45) is 0 Å². The van der Waals surface area contributed by atoms with Crippen LogP contribution in [-0.4, -0.2) is 40.7 Å². The average molecular weight is 340 g/mol. The van der Waals surface area contributed by atoms with Crippen LogP contribution in [0, 0.1) is 0 Å². The molecule has 0 aliphatic carbocycles. The maximum absolute atomic E-state index is 12.4. The summed E-state index contributed by atoms with van der Waals surface area (Å²) in [5, 5.41) is 2.45. The van der Waals surface area contributed by atoms with Crippen LogP contribution >= 0.6 is 11.3 Å². The molecule has 1 amide bonds. The highest BCUT2D eigenvalue weighted by Gasteiger charge is 2.33. The molecule has 7 heteroatoms. The minimum Gasteiger partial charge on any atom is -0.461 e. The first-order valence-corrected chi connectivity index (χ1v) is 8.82. The molecule has 1 aromatic heterocycles. The maximum Gasteiger partial charge on any atom is 0.410 e. The summed E-state index contributed by atoms with van der Waals surface area (Å²) in [5.41, 5.74) is -0.223. The van der Waals surface area contributed by atoms with Gasteiger partial charge in [-0.05, 0) is 47.0 Å². The lowest BCUT2D eigenvalue weighted by molar-refractivity contribution is 0.00948. The predicted octanol–water partition coefficient (Wildman–Crippen LogP) is 3.78. The zero-order valence-corrected chi connectivity index (χ0v) is 14.9. The highest BCUT2D eigenvalue weighted by atomic mass is 32.1. The van der Waals surface area contributed by atoms with Gasteiger partial charge in [0.25, 0.3) is 0 Å². The summed E-state index contributed by atoms with van der Waals surface area (Å²) in [7, 11) is 0. The fourth-order valence-electron chi connectivity index (χ4n) is 2.47. The van der Waals surface area contributed by atoms with Crippen LogP contribution < -0.4 is 0 Å². The second-order valence-electron chi connectivity index (χ2n) is 6.48. The molecule has 0 aromatic carbocycles. The molecule has 1 fully saturated rings. The maximum atomic E-state index is 12.4. The van der Waals surface area contributed by atoms with E-state index in [2.05, 4.69) is 4.98 Å². The van der Waals surface area contributed by atoms with Crippen LogP contribution in [-0.2, 0) is 9.47 Å². The number of rotatable bonds is 3. The Morgan fingerprint density at radius 1 is 1.39 bits per heavy atom. The fourth-order valence-corrected chi connectivity index (χ4v) is 3.40. The van der Waals surface area contributed by atoms with Crippen LogP contribution in [0.5, 0.6) is 0 Å². The summed E-state index contributed by atoms with van der Waals surface area (Å²) in [6.45, 7) is 8.29. The summed E-state index contributed by atoms with van der Waals surface area (Å²) in [6.07, 6.45) is 2.48. The molecule has 0 bridgehead atoms. The van der Waals surface area contributed by atoms with Crippen LogP contribution in [0.25, 0.3) is 0 Å². The fraction of sp³-hybridized carbons (Fsp3) is 0.688. The molecule has 2 heterocycles. The van der Waals surface area contributed by atoms with E-state index in [-0.39, 0.29) is 12.1 Å². The second kappa shape index (κ2) is 7.29. The standard InChI is InChI=1S/C16H24N2O4S/c1-5-21-14(19)11-10-23-13(17-11)12-8-6-7-9-18(12)15(20)22-16(2,3)4/h10,12H,5-9H2,1-4H3/t12-/m0/s1. The lowest BCUT2D eigenvalue weighted by Gasteiger charge is -2.35. The molecular formula is C16H24N2O4S. The molecule has 2 rings (SSSR count). The molecule has 1 atom stereocenters. The van der Waals surface area contributed by atoms with E-state index in [1.165, 1.54) is 11.3 Å². The molecule has 0 spiro atoms. The summed E-state index contributed by atoms with van der Waals surface area (Å²) >= 11 is 1.39. The van der Waals surface area contributed by atoms with Crippen molar-refractivity contribution in [1.82, 2.24) is 9.88 Å². The number of amides is 1. The van der Waals surface area contributed by atoms with Crippen molar-refractivity contribution in [3.8, 4) is 0 Å². The van der Waals surface area contributed by atoms with Crippen molar-refractivity contribution in [1.29, 1.82) is 0 Å². The minimum absolute atomic E-state index is 0.133. The number of hydrogen-bond acceptors (Lipinski definition) is 6. The quantitative estimate of drug-likeness (QED) is 0.783. The molecule has 23 heavy (non-hydrogen) atoms. The molecule has 1 aliphatic rings. The summed E-state index contributed by atoms with van der Waals surface area (Å²) < 4.78 is 10.5. The third kappa shape index (κ3) is 4.67. The van der Waals surface area contributed by atoms with Crippen LogP contribution in [0.2, 0.25) is 0 Å². The van der Waals surface area contributed by atoms with E-state index in [9.17, 15) is 9.59 Å². The van der Waals surface area contributed by atoms with Gasteiger partial charge < -0.3 is 9.47 Å². The van der Waals surface area contributed by atoms with Crippen molar-refractivity contribution in [3.05, 3.63) is 16.1 Å². The van der Waals surface area contributed by atoms with Crippen molar-refractivity contribution in [3.63, 3.8) is 0 Å². The van der Waals surface area contributed by atoms with Gasteiger partial charge in [0, 0.05) is 11.9 Å². The second-order valence-corrected chi connectivity index (χ2v) is 7.37. The van der Waals surface area contributed by atoms with Gasteiger partial charge in [-0.1, -0.05) is 0 Å². The lowest BCUT2D eigenvalue weighted by Crippen LogP contribution is -2.41. The van der Waals surface area contributed by atoms with Gasteiger partial charge >= 0.3 is 12.1 Å². The third-order valence-electron chi connectivity index (χ3n) is 3.42. The Morgan fingerprint density at radius 3 is 2.78 bits per heavy atom. The molecule has 0 radical (unpaired) electrons. The van der Waals surface area contributed by atoms with Gasteiger partial charge in [0.15, 0.2) is 5.69 Å². The van der Waals surface area contributed by atoms with Crippen molar-refractivity contribution < 1.29 is 19.1 Å². The number of thiazole rings is 1. The molecule has 1 saturated heterocycles. The third-order valence-corrected chi connectivity index (χ3v) is 4.37. The molecule has 0 N–H and O–H groups in total. The first-order valence-electron chi connectivity index (χ1n) is 7.94. The van der Waals surface area contributed by atoms with E-state index < -0.39 is 11.6 Å². The molecule has 128 valence electrons. The number of piperidine rings is 1. The number of carbonyl (C=O) groups is 2. The number of likely N-dealkylation sites (tertiary alicyclic amines) is 1. The molecular weight excluding hydrogens is 316 g/mol. The highest BCUT2D eigenvalue weighted by molar-refractivity contribution is 7.09. The van der Waals surface area contributed by atoms with Crippen LogP contribution in [0.4, 0.5) is 4.79 Å². The molecule has 0 saturated carbocycles. The van der Waals surface area contributed by atoms with E-state index in [0.29, 0.717) is 18.8 Å². The van der Waals surface area contributed by atoms with E-state index in [0.717, 1.165) is 24.3 Å². The molecule has 1 aliphatic heterocycles. The van der Waals surface area contributed by atoms with E-state index in [1.54, 1.807) is 17.2 Å². The number of esters is 1. The van der Waals surface area contributed by atoms with Crippen LogP contribution in [0.3, 0.4) is 0 Å². The lowest BCUT2D eigenvalue weighted by atomic mass is 10.0. The first-order chi connectivity index (χ1) is 10.8. The van der Waals surface area contributed by atoms with Gasteiger partial charge in [0.1, 0.15) is 10.6 Å². The van der Waals surface area contributed by atoms with Gasteiger partial charge in [-0.3, -0.25) is 4.90 Å². The minimum atomic E-state index is -0.530. The normalized spacial score (nSPS) is 18.6. The van der Waals surface area contributed by atoms with Crippen LogP contribution in [0.1, 0.15) is 68.5 Å². The predicted molar refractivity (Wildman–Crippen MR) is 87.6 cm³/mol. The highest BCUT2D eigenvalue weighted by Crippen LogP contribution is 2.34. The zero-order chi connectivity index (χ0) is 17.0. The molecule has 0 unspecified atom stereocenters. The van der Waals surface area contributed by atoms with Gasteiger partial charge in [-0.25, -0.2) is 14.6 Å². The SMILES string of the molecule is CCOC(=O)c1csc([C@@H]2CCCCN2C(=O)OC(C)(C)C)n1. The monoisotopic (exact) mass is 340 g/mol. The zero-order valence-electron chi connectivity index (χ0n) is 14.1. The Balaban J connectivity index is 2.15. The van der Waals surface area contributed by atoms with Gasteiger partial charge in [0.2, 0.25) is 0 Å². The summed E-state index contributed by atoms with van der Waals surface area (Å²) in [4.78, 5) is 30.3. The van der Waals surface area contributed by atoms with E-state index >= 15 is 0 Å². The Bertz CT molecular complexity index is 565. The van der Waals surface area contributed by atoms with Crippen molar-refractivity contribution in [2.75, 3.05) is 13.2 Å². The van der Waals surface area contributed by atoms with E-state index in [1.807, 2.05) is 20.8 Å². The van der Waals surface area contributed by atoms with Gasteiger partial charge in [-0.15, -0.1) is 11.3 Å². The largest absolute Gasteiger partial charge is 0.461 e. The number of carbonyl (C=O) groups excluding carboxylic acids is 2. The summed E-state index contributed by atoms with van der Waals surface area (Å²) in [5.74, 6) is -0.422. The number of hydrogen-bond donors (Lipinski definition) is 0.